The molecule has 0 saturated carbocycles. The number of fused-ring (bicyclic) bond motifs is 1. The molecule has 5 heteroatoms. The number of nitrogens with zero attached hydrogens (tertiary/aromatic N) is 1. The summed E-state index contributed by atoms with van der Waals surface area (Å²) in [6.45, 7) is 1.54. The van der Waals surface area contributed by atoms with Gasteiger partial charge in [-0.3, -0.25) is 4.79 Å². The number of benzene rings is 1. The van der Waals surface area contributed by atoms with Crippen LogP contribution in [-0.4, -0.2) is 29.0 Å². The minimum atomic E-state index is -0.0266. The van der Waals surface area contributed by atoms with Crippen LogP contribution in [0.2, 0.25) is 0 Å². The smallest absolute Gasteiger partial charge is 0.251 e. The van der Waals surface area contributed by atoms with Gasteiger partial charge in [-0.1, -0.05) is 0 Å². The summed E-state index contributed by atoms with van der Waals surface area (Å²) in [5.41, 5.74) is 3.09. The lowest BCUT2D eigenvalue weighted by atomic mass is 10.1. The van der Waals surface area contributed by atoms with Crippen LogP contribution < -0.4 is 10.6 Å². The molecule has 0 radical (unpaired) electrons. The fourth-order valence-corrected chi connectivity index (χ4v) is 2.28. The molecule has 0 saturated heterocycles. The van der Waals surface area contributed by atoms with E-state index in [1.54, 1.807) is 12.4 Å². The first kappa shape index (κ1) is 11.8. The van der Waals surface area contributed by atoms with Gasteiger partial charge in [-0.15, -0.1) is 0 Å². The molecule has 5 nitrogen and oxygen atoms in total. The second-order valence-corrected chi connectivity index (χ2v) is 4.59. The summed E-state index contributed by atoms with van der Waals surface area (Å²) in [6.07, 6.45) is 5.20. The van der Waals surface area contributed by atoms with Gasteiger partial charge in [0.2, 0.25) is 0 Å². The Hall–Kier alpha value is -2.30. The summed E-state index contributed by atoms with van der Waals surface area (Å²) in [5.74, 6) is 0.861. The maximum absolute atomic E-state index is 12.0. The maximum Gasteiger partial charge on any atom is 0.251 e. The van der Waals surface area contributed by atoms with Gasteiger partial charge >= 0.3 is 0 Å². The molecule has 1 amide bonds. The zero-order valence-electron chi connectivity index (χ0n) is 10.6. The summed E-state index contributed by atoms with van der Waals surface area (Å²) >= 11 is 0. The van der Waals surface area contributed by atoms with E-state index in [1.165, 1.54) is 5.56 Å². The third kappa shape index (κ3) is 2.59. The summed E-state index contributed by atoms with van der Waals surface area (Å²) in [7, 11) is 0. The van der Waals surface area contributed by atoms with E-state index < -0.39 is 0 Å². The number of hydrogen-bond acceptors (Lipinski definition) is 3. The molecule has 0 fully saturated rings. The maximum atomic E-state index is 12.0. The number of H-pyrrole nitrogens is 1. The molecule has 0 bridgehead atoms. The summed E-state index contributed by atoms with van der Waals surface area (Å²) < 4.78 is 0. The highest BCUT2D eigenvalue weighted by Crippen LogP contribution is 2.22. The van der Waals surface area contributed by atoms with E-state index in [1.807, 2.05) is 18.2 Å². The lowest BCUT2D eigenvalue weighted by Gasteiger charge is -2.06. The molecule has 2 heterocycles. The molecule has 1 aliphatic rings. The predicted molar refractivity (Wildman–Crippen MR) is 73.3 cm³/mol. The first-order chi connectivity index (χ1) is 9.33. The number of aromatic amines is 1. The standard InChI is InChI=1S/C14H16N4O/c19-14(18-6-4-13-16-7-8-17-13)11-1-2-12-10(9-11)3-5-15-12/h1-2,7-9,15H,3-6H2,(H,16,17)(H,18,19). The van der Waals surface area contributed by atoms with Crippen LogP contribution >= 0.6 is 0 Å². The zero-order valence-corrected chi connectivity index (χ0v) is 10.6. The lowest BCUT2D eigenvalue weighted by Crippen LogP contribution is -2.26. The number of aromatic nitrogens is 2. The Balaban J connectivity index is 1.58. The minimum absolute atomic E-state index is 0.0266. The lowest BCUT2D eigenvalue weighted by molar-refractivity contribution is 0.0954. The number of nitrogens with one attached hydrogen (secondary N) is 3. The highest BCUT2D eigenvalue weighted by atomic mass is 16.1. The molecule has 0 atom stereocenters. The van der Waals surface area contributed by atoms with Crippen molar-refractivity contribution in [1.82, 2.24) is 15.3 Å². The van der Waals surface area contributed by atoms with Crippen molar-refractivity contribution in [3.8, 4) is 0 Å². The molecule has 1 aromatic carbocycles. The fraction of sp³-hybridized carbons (Fsp3) is 0.286. The van der Waals surface area contributed by atoms with E-state index >= 15 is 0 Å². The zero-order chi connectivity index (χ0) is 13.1. The van der Waals surface area contributed by atoms with Gasteiger partial charge in [0.15, 0.2) is 0 Å². The highest BCUT2D eigenvalue weighted by Gasteiger charge is 2.13. The molecule has 0 unspecified atom stereocenters. The Bertz CT molecular complexity index is 577. The van der Waals surface area contributed by atoms with Crippen LogP contribution in [0.1, 0.15) is 21.7 Å². The third-order valence-corrected chi connectivity index (χ3v) is 3.28. The van der Waals surface area contributed by atoms with E-state index in [4.69, 9.17) is 0 Å². The van der Waals surface area contributed by atoms with Gasteiger partial charge in [-0.25, -0.2) is 4.98 Å². The van der Waals surface area contributed by atoms with Crippen molar-refractivity contribution in [3.63, 3.8) is 0 Å². The predicted octanol–water partition coefficient (Wildman–Crippen LogP) is 1.35. The van der Waals surface area contributed by atoms with Gasteiger partial charge in [0.05, 0.1) is 0 Å². The number of imidazole rings is 1. The van der Waals surface area contributed by atoms with E-state index in [2.05, 4.69) is 20.6 Å². The van der Waals surface area contributed by atoms with Gasteiger partial charge < -0.3 is 15.6 Å². The first-order valence-corrected chi connectivity index (χ1v) is 6.46. The Morgan fingerprint density at radius 2 is 2.37 bits per heavy atom. The van der Waals surface area contributed by atoms with Crippen molar-refractivity contribution in [2.45, 2.75) is 12.8 Å². The van der Waals surface area contributed by atoms with Crippen LogP contribution in [0.5, 0.6) is 0 Å². The molecular weight excluding hydrogens is 240 g/mol. The molecular formula is C14H16N4O. The molecule has 98 valence electrons. The quantitative estimate of drug-likeness (QED) is 0.773. The SMILES string of the molecule is O=C(NCCc1ncc[nH]1)c1ccc2c(c1)CCN2. The molecule has 0 spiro atoms. The van der Waals surface area contributed by atoms with Gasteiger partial charge in [-0.2, -0.15) is 0 Å². The number of carbonyl (C=O) groups is 1. The summed E-state index contributed by atoms with van der Waals surface area (Å²) in [6, 6.07) is 5.81. The first-order valence-electron chi connectivity index (χ1n) is 6.46. The Morgan fingerprint density at radius 1 is 1.42 bits per heavy atom. The number of hydrogen-bond donors (Lipinski definition) is 3. The molecule has 2 aromatic rings. The Kier molecular flexibility index (Phi) is 3.18. The number of anilines is 1. The topological polar surface area (TPSA) is 69.8 Å². The number of rotatable bonds is 4. The van der Waals surface area contributed by atoms with Crippen molar-refractivity contribution >= 4 is 11.6 Å². The van der Waals surface area contributed by atoms with Gasteiger partial charge in [0, 0.05) is 43.2 Å². The van der Waals surface area contributed by atoms with Crippen LogP contribution in [0.4, 0.5) is 5.69 Å². The van der Waals surface area contributed by atoms with Crippen molar-refractivity contribution in [1.29, 1.82) is 0 Å². The Morgan fingerprint density at radius 3 is 3.21 bits per heavy atom. The van der Waals surface area contributed by atoms with Crippen molar-refractivity contribution in [2.75, 3.05) is 18.4 Å². The largest absolute Gasteiger partial charge is 0.384 e. The molecule has 1 aromatic heterocycles. The number of amides is 1. The van der Waals surface area contributed by atoms with Crippen LogP contribution in [0.25, 0.3) is 0 Å². The molecule has 1 aliphatic heterocycles. The normalized spacial score (nSPS) is 12.8. The van der Waals surface area contributed by atoms with Crippen LogP contribution in [0, 0.1) is 0 Å². The Labute approximate surface area is 111 Å². The van der Waals surface area contributed by atoms with E-state index in [9.17, 15) is 4.79 Å². The van der Waals surface area contributed by atoms with Crippen LogP contribution in [0.15, 0.2) is 30.6 Å². The average molecular weight is 256 g/mol. The molecule has 0 aliphatic carbocycles. The molecule has 3 N–H and O–H groups in total. The average Bonchev–Trinajstić information content (AvgIpc) is 3.08. The van der Waals surface area contributed by atoms with E-state index in [-0.39, 0.29) is 5.91 Å². The van der Waals surface area contributed by atoms with Crippen molar-refractivity contribution in [2.24, 2.45) is 0 Å². The molecule has 3 rings (SSSR count). The monoisotopic (exact) mass is 256 g/mol. The summed E-state index contributed by atoms with van der Waals surface area (Å²) in [4.78, 5) is 19.1. The number of carbonyl (C=O) groups excluding carboxylic acids is 1. The van der Waals surface area contributed by atoms with Crippen molar-refractivity contribution < 1.29 is 4.79 Å². The van der Waals surface area contributed by atoms with Crippen LogP contribution in [0.3, 0.4) is 0 Å². The van der Waals surface area contributed by atoms with Gasteiger partial charge in [0.1, 0.15) is 5.82 Å². The van der Waals surface area contributed by atoms with Gasteiger partial charge in [-0.05, 0) is 30.2 Å². The van der Waals surface area contributed by atoms with E-state index in [0.29, 0.717) is 13.0 Å². The highest BCUT2D eigenvalue weighted by molar-refractivity contribution is 5.95. The fourth-order valence-electron chi connectivity index (χ4n) is 2.28. The second kappa shape index (κ2) is 5.14. The van der Waals surface area contributed by atoms with Crippen LogP contribution in [-0.2, 0) is 12.8 Å². The summed E-state index contributed by atoms with van der Waals surface area (Å²) in [5, 5.41) is 6.19. The van der Waals surface area contributed by atoms with Gasteiger partial charge in [0.25, 0.3) is 5.91 Å². The molecule has 19 heavy (non-hydrogen) atoms. The van der Waals surface area contributed by atoms with Crippen molar-refractivity contribution in [3.05, 3.63) is 47.5 Å². The minimum Gasteiger partial charge on any atom is -0.384 e. The third-order valence-electron chi connectivity index (χ3n) is 3.28. The second-order valence-electron chi connectivity index (χ2n) is 4.59. The van der Waals surface area contributed by atoms with E-state index in [0.717, 1.165) is 30.0 Å².